The van der Waals surface area contributed by atoms with E-state index in [0.29, 0.717) is 38.3 Å². The smallest absolute Gasteiger partial charge is 0.364 e. The van der Waals surface area contributed by atoms with Crippen molar-refractivity contribution in [2.45, 2.75) is 53.4 Å². The zero-order valence-electron chi connectivity index (χ0n) is 12.3. The van der Waals surface area contributed by atoms with Crippen molar-refractivity contribution in [1.82, 2.24) is 0 Å². The van der Waals surface area contributed by atoms with E-state index in [0.717, 1.165) is 25.7 Å². The Labute approximate surface area is 111 Å². The summed E-state index contributed by atoms with van der Waals surface area (Å²) in [6.07, 6.45) is 3.70. The van der Waals surface area contributed by atoms with Crippen LogP contribution in [0.25, 0.3) is 0 Å². The predicted octanol–water partition coefficient (Wildman–Crippen LogP) is 3.82. The van der Waals surface area contributed by atoms with Gasteiger partial charge in [-0.25, -0.2) is 0 Å². The standard InChI is InChI=1S/C14H28O4/c1-5-9-15-13(16-10-6-2)14(17-11-7-3)18-12-8-4/h5-12H2,1-4H3. The molecule has 0 fully saturated rings. The first kappa shape index (κ1) is 16.9. The molecule has 0 aromatic carbocycles. The van der Waals surface area contributed by atoms with Crippen LogP contribution in [-0.4, -0.2) is 26.4 Å². The van der Waals surface area contributed by atoms with Crippen molar-refractivity contribution in [3.05, 3.63) is 11.9 Å². The third kappa shape index (κ3) is 8.09. The van der Waals surface area contributed by atoms with Crippen molar-refractivity contribution in [1.29, 1.82) is 0 Å². The first-order valence-corrected chi connectivity index (χ1v) is 7.05. The summed E-state index contributed by atoms with van der Waals surface area (Å²) >= 11 is 0. The van der Waals surface area contributed by atoms with Gasteiger partial charge < -0.3 is 18.9 Å². The molecule has 0 heterocycles. The quantitative estimate of drug-likeness (QED) is 0.500. The average Bonchev–Trinajstić information content (AvgIpc) is 2.40. The van der Waals surface area contributed by atoms with E-state index in [1.165, 1.54) is 0 Å². The predicted molar refractivity (Wildman–Crippen MR) is 72.0 cm³/mol. The van der Waals surface area contributed by atoms with Gasteiger partial charge in [-0.15, -0.1) is 0 Å². The van der Waals surface area contributed by atoms with Crippen molar-refractivity contribution in [2.24, 2.45) is 0 Å². The average molecular weight is 260 g/mol. The summed E-state index contributed by atoms with van der Waals surface area (Å²) in [5.41, 5.74) is 0. The van der Waals surface area contributed by atoms with Crippen LogP contribution >= 0.6 is 0 Å². The molecule has 0 aliphatic rings. The van der Waals surface area contributed by atoms with Crippen LogP contribution in [0.3, 0.4) is 0 Å². The number of rotatable bonds is 12. The Hall–Kier alpha value is -1.06. The summed E-state index contributed by atoms with van der Waals surface area (Å²) < 4.78 is 22.2. The molecule has 4 heteroatoms. The fraction of sp³-hybridized carbons (Fsp3) is 0.857. The maximum absolute atomic E-state index is 5.56. The Balaban J connectivity index is 4.59. The summed E-state index contributed by atoms with van der Waals surface area (Å²) in [5.74, 6) is 0.779. The maximum Gasteiger partial charge on any atom is 0.364 e. The SMILES string of the molecule is CCCOC(OCCC)=C(OCCC)OCCC. The van der Waals surface area contributed by atoms with Gasteiger partial charge in [-0.05, 0) is 25.7 Å². The zero-order valence-corrected chi connectivity index (χ0v) is 12.3. The molecule has 4 nitrogen and oxygen atoms in total. The normalized spacial score (nSPS) is 9.78. The lowest BCUT2D eigenvalue weighted by Crippen LogP contribution is -2.10. The van der Waals surface area contributed by atoms with Crippen LogP contribution in [0.1, 0.15) is 53.4 Å². The molecule has 0 aromatic heterocycles. The van der Waals surface area contributed by atoms with E-state index >= 15 is 0 Å². The van der Waals surface area contributed by atoms with Crippen LogP contribution in [0.4, 0.5) is 0 Å². The first-order chi connectivity index (χ1) is 8.79. The second-order valence-corrected chi connectivity index (χ2v) is 3.97. The Morgan fingerprint density at radius 1 is 0.500 bits per heavy atom. The number of hydrogen-bond donors (Lipinski definition) is 0. The molecule has 0 aromatic rings. The van der Waals surface area contributed by atoms with Gasteiger partial charge in [0.15, 0.2) is 0 Å². The van der Waals surface area contributed by atoms with Crippen molar-refractivity contribution in [3.8, 4) is 0 Å². The highest BCUT2D eigenvalue weighted by atomic mass is 16.7. The summed E-state index contributed by atoms with van der Waals surface area (Å²) in [6.45, 7) is 10.6. The third-order valence-electron chi connectivity index (χ3n) is 1.92. The molecule has 108 valence electrons. The Bertz CT molecular complexity index is 172. The van der Waals surface area contributed by atoms with Gasteiger partial charge >= 0.3 is 11.9 Å². The van der Waals surface area contributed by atoms with E-state index < -0.39 is 0 Å². The minimum atomic E-state index is 0.389. The van der Waals surface area contributed by atoms with E-state index in [1.54, 1.807) is 0 Å². The highest BCUT2D eigenvalue weighted by Gasteiger charge is 2.14. The van der Waals surface area contributed by atoms with E-state index in [2.05, 4.69) is 27.7 Å². The topological polar surface area (TPSA) is 36.9 Å². The van der Waals surface area contributed by atoms with Gasteiger partial charge in [-0.1, -0.05) is 27.7 Å². The molecule has 18 heavy (non-hydrogen) atoms. The molecule has 0 atom stereocenters. The molecular weight excluding hydrogens is 232 g/mol. The van der Waals surface area contributed by atoms with Gasteiger partial charge in [0.1, 0.15) is 0 Å². The molecule has 0 aliphatic heterocycles. The summed E-state index contributed by atoms with van der Waals surface area (Å²) in [5, 5.41) is 0. The van der Waals surface area contributed by atoms with E-state index in [9.17, 15) is 0 Å². The fourth-order valence-corrected chi connectivity index (χ4v) is 1.10. The second kappa shape index (κ2) is 12.4. The Morgan fingerprint density at radius 3 is 0.889 bits per heavy atom. The highest BCUT2D eigenvalue weighted by Crippen LogP contribution is 2.13. The summed E-state index contributed by atoms with van der Waals surface area (Å²) in [4.78, 5) is 0. The van der Waals surface area contributed by atoms with Gasteiger partial charge in [-0.3, -0.25) is 0 Å². The van der Waals surface area contributed by atoms with Crippen molar-refractivity contribution in [3.63, 3.8) is 0 Å². The molecule has 0 amide bonds. The van der Waals surface area contributed by atoms with Gasteiger partial charge in [0.2, 0.25) is 0 Å². The third-order valence-corrected chi connectivity index (χ3v) is 1.92. The summed E-state index contributed by atoms with van der Waals surface area (Å²) in [7, 11) is 0. The molecule has 0 aliphatic carbocycles. The molecule has 0 N–H and O–H groups in total. The van der Waals surface area contributed by atoms with Crippen molar-refractivity contribution < 1.29 is 18.9 Å². The molecule has 0 saturated carbocycles. The van der Waals surface area contributed by atoms with E-state index in [4.69, 9.17) is 18.9 Å². The van der Waals surface area contributed by atoms with Crippen LogP contribution in [-0.2, 0) is 18.9 Å². The number of hydrogen-bond acceptors (Lipinski definition) is 4. The van der Waals surface area contributed by atoms with Gasteiger partial charge in [0.05, 0.1) is 26.4 Å². The van der Waals surface area contributed by atoms with Crippen LogP contribution in [0.2, 0.25) is 0 Å². The summed E-state index contributed by atoms with van der Waals surface area (Å²) in [6, 6.07) is 0. The van der Waals surface area contributed by atoms with Gasteiger partial charge in [-0.2, -0.15) is 0 Å². The van der Waals surface area contributed by atoms with Crippen LogP contribution in [0, 0.1) is 0 Å². The van der Waals surface area contributed by atoms with Crippen molar-refractivity contribution >= 4 is 0 Å². The van der Waals surface area contributed by atoms with Crippen LogP contribution < -0.4 is 0 Å². The largest absolute Gasteiger partial charge is 0.460 e. The Morgan fingerprint density at radius 2 is 0.722 bits per heavy atom. The highest BCUT2D eigenvalue weighted by molar-refractivity contribution is 4.86. The lowest BCUT2D eigenvalue weighted by molar-refractivity contribution is -0.0441. The minimum absolute atomic E-state index is 0.389. The van der Waals surface area contributed by atoms with E-state index in [1.807, 2.05) is 0 Å². The first-order valence-electron chi connectivity index (χ1n) is 7.05. The second-order valence-electron chi connectivity index (χ2n) is 3.97. The van der Waals surface area contributed by atoms with Crippen molar-refractivity contribution in [2.75, 3.05) is 26.4 Å². The van der Waals surface area contributed by atoms with Crippen LogP contribution in [0.15, 0.2) is 11.9 Å². The molecular formula is C14H28O4. The van der Waals surface area contributed by atoms with E-state index in [-0.39, 0.29) is 0 Å². The maximum atomic E-state index is 5.56. The minimum Gasteiger partial charge on any atom is -0.460 e. The lowest BCUT2D eigenvalue weighted by Gasteiger charge is -2.16. The molecule has 0 saturated heterocycles. The van der Waals surface area contributed by atoms with Gasteiger partial charge in [0.25, 0.3) is 0 Å². The molecule has 0 spiro atoms. The lowest BCUT2D eigenvalue weighted by atomic mass is 10.5. The molecule has 0 unspecified atom stereocenters. The number of ether oxygens (including phenoxy) is 4. The van der Waals surface area contributed by atoms with Gasteiger partial charge in [0, 0.05) is 0 Å². The fourth-order valence-electron chi connectivity index (χ4n) is 1.10. The monoisotopic (exact) mass is 260 g/mol. The molecule has 0 radical (unpaired) electrons. The molecule has 0 bridgehead atoms. The molecule has 0 rings (SSSR count). The zero-order chi connectivity index (χ0) is 13.6. The Kier molecular flexibility index (Phi) is 11.7. The van der Waals surface area contributed by atoms with Crippen LogP contribution in [0.5, 0.6) is 0 Å².